The molecule has 104 valence electrons. The summed E-state index contributed by atoms with van der Waals surface area (Å²) in [5.41, 5.74) is 0.693. The van der Waals surface area contributed by atoms with E-state index in [0.29, 0.717) is 5.56 Å². The number of carbonyl (C=O) groups excluding carboxylic acids is 1. The Morgan fingerprint density at radius 1 is 1.16 bits per heavy atom. The lowest BCUT2D eigenvalue weighted by atomic mass is 9.93. The van der Waals surface area contributed by atoms with Crippen LogP contribution in [0.15, 0.2) is 24.3 Å². The van der Waals surface area contributed by atoms with Crippen LogP contribution in [0.3, 0.4) is 0 Å². The predicted molar refractivity (Wildman–Crippen MR) is 76.8 cm³/mol. The van der Waals surface area contributed by atoms with Gasteiger partial charge in [-0.15, -0.1) is 0 Å². The van der Waals surface area contributed by atoms with E-state index < -0.39 is 0 Å². The lowest BCUT2D eigenvalue weighted by Gasteiger charge is -2.22. The molecule has 0 atom stereocenters. The van der Waals surface area contributed by atoms with Crippen molar-refractivity contribution < 1.29 is 9.53 Å². The maximum absolute atomic E-state index is 10.5. The number of ether oxygens (including phenoxy) is 1. The van der Waals surface area contributed by atoms with Crippen LogP contribution in [-0.2, 0) is 0 Å². The number of nitrogens with one attached hydrogen (secondary N) is 1. The van der Waals surface area contributed by atoms with Gasteiger partial charge in [0.25, 0.3) is 0 Å². The molecule has 0 saturated carbocycles. The maximum atomic E-state index is 10.5. The van der Waals surface area contributed by atoms with Crippen LogP contribution >= 0.6 is 0 Å². The summed E-state index contributed by atoms with van der Waals surface area (Å²) in [4.78, 5) is 10.5. The largest absolute Gasteiger partial charge is 0.494 e. The highest BCUT2D eigenvalue weighted by Crippen LogP contribution is 2.19. The molecular formula is C16H23NO2. The number of piperidine rings is 1. The van der Waals surface area contributed by atoms with E-state index in [1.165, 1.54) is 38.8 Å². The Bertz CT molecular complexity index is 369. The zero-order chi connectivity index (χ0) is 13.3. The Labute approximate surface area is 115 Å². The molecular weight excluding hydrogens is 238 g/mol. The molecule has 1 aliphatic heterocycles. The number of aldehydes is 1. The molecule has 0 amide bonds. The molecule has 1 saturated heterocycles. The first-order valence-electron chi connectivity index (χ1n) is 7.27. The maximum Gasteiger partial charge on any atom is 0.150 e. The topological polar surface area (TPSA) is 38.3 Å². The Balaban J connectivity index is 1.56. The molecule has 0 aliphatic carbocycles. The molecule has 0 bridgehead atoms. The van der Waals surface area contributed by atoms with Crippen LogP contribution in [0.2, 0.25) is 0 Å². The number of hydrogen-bond donors (Lipinski definition) is 1. The van der Waals surface area contributed by atoms with Gasteiger partial charge in [-0.05, 0) is 69.0 Å². The van der Waals surface area contributed by atoms with Crippen LogP contribution in [0.5, 0.6) is 5.75 Å². The first-order chi connectivity index (χ1) is 9.38. The van der Waals surface area contributed by atoms with Crippen molar-refractivity contribution in [2.75, 3.05) is 19.7 Å². The lowest BCUT2D eigenvalue weighted by Crippen LogP contribution is -2.27. The van der Waals surface area contributed by atoms with E-state index in [1.54, 1.807) is 12.1 Å². The average Bonchev–Trinajstić information content (AvgIpc) is 2.49. The van der Waals surface area contributed by atoms with E-state index in [9.17, 15) is 4.79 Å². The third-order valence-electron chi connectivity index (χ3n) is 3.75. The van der Waals surface area contributed by atoms with Crippen molar-refractivity contribution >= 4 is 6.29 Å². The van der Waals surface area contributed by atoms with Crippen molar-refractivity contribution in [1.82, 2.24) is 5.32 Å². The highest BCUT2D eigenvalue weighted by atomic mass is 16.5. The molecule has 0 aromatic heterocycles. The molecule has 1 aliphatic rings. The van der Waals surface area contributed by atoms with Gasteiger partial charge in [-0.2, -0.15) is 0 Å². The fourth-order valence-electron chi connectivity index (χ4n) is 2.54. The standard InChI is InChI=1S/C16H23NO2/c18-13-15-4-6-16(7-5-15)19-12-2-1-3-14-8-10-17-11-9-14/h4-7,13-14,17H,1-3,8-12H2. The SMILES string of the molecule is O=Cc1ccc(OCCCCC2CCNCC2)cc1. The molecule has 19 heavy (non-hydrogen) atoms. The molecule has 1 aromatic carbocycles. The van der Waals surface area contributed by atoms with Gasteiger partial charge in [-0.3, -0.25) is 4.79 Å². The van der Waals surface area contributed by atoms with Gasteiger partial charge in [0.15, 0.2) is 0 Å². The van der Waals surface area contributed by atoms with Crippen LogP contribution in [0.25, 0.3) is 0 Å². The minimum Gasteiger partial charge on any atom is -0.494 e. The van der Waals surface area contributed by atoms with Crippen molar-refractivity contribution in [2.45, 2.75) is 32.1 Å². The van der Waals surface area contributed by atoms with Gasteiger partial charge >= 0.3 is 0 Å². The highest BCUT2D eigenvalue weighted by molar-refractivity contribution is 5.74. The van der Waals surface area contributed by atoms with Gasteiger partial charge < -0.3 is 10.1 Å². The van der Waals surface area contributed by atoms with E-state index >= 15 is 0 Å². The number of hydrogen-bond acceptors (Lipinski definition) is 3. The first-order valence-corrected chi connectivity index (χ1v) is 7.27. The summed E-state index contributed by atoms with van der Waals surface area (Å²) in [6.07, 6.45) is 7.19. The average molecular weight is 261 g/mol. The smallest absolute Gasteiger partial charge is 0.150 e. The van der Waals surface area contributed by atoms with E-state index in [4.69, 9.17) is 4.74 Å². The second-order valence-corrected chi connectivity index (χ2v) is 5.22. The van der Waals surface area contributed by atoms with Crippen molar-refractivity contribution in [1.29, 1.82) is 0 Å². The second kappa shape index (κ2) is 7.95. The molecule has 0 unspecified atom stereocenters. The molecule has 0 spiro atoms. The Morgan fingerprint density at radius 2 is 1.89 bits per heavy atom. The molecule has 1 fully saturated rings. The third-order valence-corrected chi connectivity index (χ3v) is 3.75. The molecule has 1 N–H and O–H groups in total. The minimum atomic E-state index is 0.693. The Hall–Kier alpha value is -1.35. The summed E-state index contributed by atoms with van der Waals surface area (Å²) in [6.45, 7) is 3.14. The van der Waals surface area contributed by atoms with Gasteiger partial charge in [0.2, 0.25) is 0 Å². The first kappa shape index (κ1) is 14.1. The zero-order valence-electron chi connectivity index (χ0n) is 11.4. The van der Waals surface area contributed by atoms with Crippen LogP contribution in [0, 0.1) is 5.92 Å². The lowest BCUT2D eigenvalue weighted by molar-refractivity contribution is 0.112. The summed E-state index contributed by atoms with van der Waals surface area (Å²) >= 11 is 0. The van der Waals surface area contributed by atoms with Gasteiger partial charge in [-0.1, -0.05) is 6.42 Å². The Morgan fingerprint density at radius 3 is 2.58 bits per heavy atom. The van der Waals surface area contributed by atoms with Crippen LogP contribution in [0.4, 0.5) is 0 Å². The number of benzene rings is 1. The summed E-state index contributed by atoms with van der Waals surface area (Å²) in [5, 5.41) is 3.40. The Kier molecular flexibility index (Phi) is 5.89. The molecule has 1 heterocycles. The molecule has 0 radical (unpaired) electrons. The van der Waals surface area contributed by atoms with Crippen LogP contribution < -0.4 is 10.1 Å². The number of rotatable bonds is 7. The fourth-order valence-corrected chi connectivity index (χ4v) is 2.54. The van der Waals surface area contributed by atoms with Gasteiger partial charge in [0.05, 0.1) is 6.61 Å². The van der Waals surface area contributed by atoms with Crippen molar-refractivity contribution in [3.63, 3.8) is 0 Å². The van der Waals surface area contributed by atoms with Crippen LogP contribution in [-0.4, -0.2) is 26.0 Å². The van der Waals surface area contributed by atoms with Gasteiger partial charge in [0.1, 0.15) is 12.0 Å². The van der Waals surface area contributed by atoms with E-state index in [0.717, 1.165) is 31.0 Å². The van der Waals surface area contributed by atoms with E-state index in [1.807, 2.05) is 12.1 Å². The highest BCUT2D eigenvalue weighted by Gasteiger charge is 2.11. The summed E-state index contributed by atoms with van der Waals surface area (Å²) in [6, 6.07) is 7.29. The van der Waals surface area contributed by atoms with Crippen molar-refractivity contribution in [3.8, 4) is 5.75 Å². The fraction of sp³-hybridized carbons (Fsp3) is 0.562. The van der Waals surface area contributed by atoms with Crippen LogP contribution in [0.1, 0.15) is 42.5 Å². The quantitative estimate of drug-likeness (QED) is 0.605. The molecule has 3 nitrogen and oxygen atoms in total. The monoisotopic (exact) mass is 261 g/mol. The number of carbonyl (C=O) groups is 1. The molecule has 3 heteroatoms. The predicted octanol–water partition coefficient (Wildman–Crippen LogP) is 3.05. The summed E-state index contributed by atoms with van der Waals surface area (Å²) < 4.78 is 5.67. The molecule has 1 aromatic rings. The zero-order valence-corrected chi connectivity index (χ0v) is 11.4. The van der Waals surface area contributed by atoms with E-state index in [2.05, 4.69) is 5.32 Å². The third kappa shape index (κ3) is 5.03. The van der Waals surface area contributed by atoms with E-state index in [-0.39, 0.29) is 0 Å². The molecule has 2 rings (SSSR count). The number of unbranched alkanes of at least 4 members (excludes halogenated alkanes) is 1. The summed E-state index contributed by atoms with van der Waals surface area (Å²) in [5.74, 6) is 1.76. The normalized spacial score (nSPS) is 16.2. The van der Waals surface area contributed by atoms with Gasteiger partial charge in [-0.25, -0.2) is 0 Å². The minimum absolute atomic E-state index is 0.693. The van der Waals surface area contributed by atoms with Crippen molar-refractivity contribution in [2.24, 2.45) is 5.92 Å². The van der Waals surface area contributed by atoms with Crippen molar-refractivity contribution in [3.05, 3.63) is 29.8 Å². The second-order valence-electron chi connectivity index (χ2n) is 5.22. The summed E-state index contributed by atoms with van der Waals surface area (Å²) in [7, 11) is 0. The van der Waals surface area contributed by atoms with Gasteiger partial charge in [0, 0.05) is 5.56 Å².